The number of hydrogen-bond donors (Lipinski definition) is 0. The van der Waals surface area contributed by atoms with Gasteiger partial charge in [0.2, 0.25) is 0 Å². The normalized spacial score (nSPS) is 25.2. The fraction of sp³-hybridized carbons (Fsp3) is 0.385. The van der Waals surface area contributed by atoms with E-state index in [1.807, 2.05) is 18.2 Å². The summed E-state index contributed by atoms with van der Waals surface area (Å²) in [6.45, 7) is 0.577. The van der Waals surface area contributed by atoms with Gasteiger partial charge in [-0.1, -0.05) is 12.1 Å². The summed E-state index contributed by atoms with van der Waals surface area (Å²) in [4.78, 5) is 24.4. The Morgan fingerprint density at radius 2 is 2.33 bits per heavy atom. The zero-order chi connectivity index (χ0) is 12.7. The average molecular weight is 247 g/mol. The van der Waals surface area contributed by atoms with Gasteiger partial charge >= 0.3 is 6.09 Å². The molecule has 5 heteroatoms. The van der Waals surface area contributed by atoms with Crippen LogP contribution < -0.4 is 4.74 Å². The van der Waals surface area contributed by atoms with Gasteiger partial charge in [-0.25, -0.2) is 4.79 Å². The van der Waals surface area contributed by atoms with E-state index < -0.39 is 12.2 Å². The number of fused-ring (bicyclic) bond motifs is 3. The zero-order valence-electron chi connectivity index (χ0n) is 9.96. The number of cyclic esters (lactones) is 1. The second kappa shape index (κ2) is 4.01. The number of carbonyl (C=O) groups is 2. The van der Waals surface area contributed by atoms with E-state index in [0.29, 0.717) is 18.6 Å². The van der Waals surface area contributed by atoms with Gasteiger partial charge in [-0.2, -0.15) is 0 Å². The first kappa shape index (κ1) is 11.1. The monoisotopic (exact) mass is 247 g/mol. The summed E-state index contributed by atoms with van der Waals surface area (Å²) in [6, 6.07) is 5.41. The van der Waals surface area contributed by atoms with Crippen LogP contribution >= 0.6 is 0 Å². The molecule has 1 aromatic carbocycles. The van der Waals surface area contributed by atoms with Crippen LogP contribution in [0.5, 0.6) is 5.75 Å². The third kappa shape index (κ3) is 1.40. The number of nitrogens with zero attached hydrogens (tertiary/aromatic N) is 1. The van der Waals surface area contributed by atoms with Crippen LogP contribution in [-0.2, 0) is 16.0 Å². The third-order valence-corrected chi connectivity index (χ3v) is 3.55. The van der Waals surface area contributed by atoms with Crippen molar-refractivity contribution < 1.29 is 19.1 Å². The van der Waals surface area contributed by atoms with Gasteiger partial charge in [0, 0.05) is 12.1 Å². The van der Waals surface area contributed by atoms with E-state index in [-0.39, 0.29) is 6.04 Å². The van der Waals surface area contributed by atoms with Crippen LogP contribution in [-0.4, -0.2) is 37.0 Å². The molecule has 2 aliphatic rings. The minimum atomic E-state index is -0.743. The first-order valence-corrected chi connectivity index (χ1v) is 5.84. The lowest BCUT2D eigenvalue weighted by Gasteiger charge is -2.31. The lowest BCUT2D eigenvalue weighted by molar-refractivity contribution is -0.114. The minimum Gasteiger partial charge on any atom is -0.496 e. The Hall–Kier alpha value is -2.04. The lowest BCUT2D eigenvalue weighted by Crippen LogP contribution is -2.36. The number of aldehydes is 1. The largest absolute Gasteiger partial charge is 0.496 e. The van der Waals surface area contributed by atoms with Crippen molar-refractivity contribution in [2.75, 3.05) is 13.7 Å². The van der Waals surface area contributed by atoms with Crippen LogP contribution in [0.1, 0.15) is 17.2 Å². The quantitative estimate of drug-likeness (QED) is 0.739. The molecule has 94 valence electrons. The van der Waals surface area contributed by atoms with Crippen molar-refractivity contribution in [1.29, 1.82) is 0 Å². The second-order valence-electron chi connectivity index (χ2n) is 4.41. The molecule has 1 aromatic rings. The molecule has 0 radical (unpaired) electrons. The van der Waals surface area contributed by atoms with Gasteiger partial charge in [-0.05, 0) is 18.1 Å². The van der Waals surface area contributed by atoms with Gasteiger partial charge in [0.1, 0.15) is 11.8 Å². The molecule has 5 nitrogen and oxygen atoms in total. The van der Waals surface area contributed by atoms with Gasteiger partial charge in [-0.15, -0.1) is 0 Å². The van der Waals surface area contributed by atoms with E-state index in [1.54, 1.807) is 12.0 Å². The van der Waals surface area contributed by atoms with Gasteiger partial charge in [-0.3, -0.25) is 9.69 Å². The summed E-state index contributed by atoms with van der Waals surface area (Å²) in [5.74, 6) is 0.701. The van der Waals surface area contributed by atoms with Crippen LogP contribution in [0.15, 0.2) is 18.2 Å². The standard InChI is InChI=1S/C13H13NO4/c1-17-9-4-2-3-8-5-6-14-12(11(8)9)10(7-15)18-13(14)16/h2-4,7,10,12H,5-6H2,1H3. The molecular weight excluding hydrogens is 234 g/mol. The molecule has 18 heavy (non-hydrogen) atoms. The first-order chi connectivity index (χ1) is 8.76. The molecule has 2 heterocycles. The summed E-state index contributed by atoms with van der Waals surface area (Å²) in [7, 11) is 1.59. The van der Waals surface area contributed by atoms with Crippen molar-refractivity contribution in [3.8, 4) is 5.75 Å². The molecule has 0 spiro atoms. The highest BCUT2D eigenvalue weighted by Crippen LogP contribution is 2.42. The molecular formula is C13H13NO4. The highest BCUT2D eigenvalue weighted by atomic mass is 16.6. The molecule has 1 saturated heterocycles. The Labute approximate surface area is 104 Å². The van der Waals surface area contributed by atoms with Crippen molar-refractivity contribution in [2.45, 2.75) is 18.6 Å². The maximum absolute atomic E-state index is 11.7. The molecule has 0 aliphatic carbocycles. The molecule has 2 aliphatic heterocycles. The van der Waals surface area contributed by atoms with Crippen molar-refractivity contribution in [3.63, 3.8) is 0 Å². The van der Waals surface area contributed by atoms with E-state index in [0.717, 1.165) is 17.5 Å². The molecule has 3 rings (SSSR count). The van der Waals surface area contributed by atoms with E-state index >= 15 is 0 Å². The fourth-order valence-electron chi connectivity index (χ4n) is 2.75. The zero-order valence-corrected chi connectivity index (χ0v) is 9.96. The van der Waals surface area contributed by atoms with Crippen molar-refractivity contribution in [1.82, 2.24) is 4.90 Å². The van der Waals surface area contributed by atoms with Gasteiger partial charge in [0.15, 0.2) is 12.4 Å². The van der Waals surface area contributed by atoms with E-state index in [1.165, 1.54) is 0 Å². The Kier molecular flexibility index (Phi) is 2.47. The van der Waals surface area contributed by atoms with Gasteiger partial charge in [0.05, 0.1) is 7.11 Å². The summed E-state index contributed by atoms with van der Waals surface area (Å²) >= 11 is 0. The maximum atomic E-state index is 11.7. The highest BCUT2D eigenvalue weighted by molar-refractivity contribution is 5.78. The predicted molar refractivity (Wildman–Crippen MR) is 62.5 cm³/mol. The average Bonchev–Trinajstić information content (AvgIpc) is 2.74. The Morgan fingerprint density at radius 3 is 3.06 bits per heavy atom. The second-order valence-corrected chi connectivity index (χ2v) is 4.41. The highest BCUT2D eigenvalue weighted by Gasteiger charge is 2.46. The number of benzene rings is 1. The molecule has 0 bridgehead atoms. The van der Waals surface area contributed by atoms with Crippen molar-refractivity contribution >= 4 is 12.4 Å². The molecule has 1 fully saturated rings. The van der Waals surface area contributed by atoms with Gasteiger partial charge in [0.25, 0.3) is 0 Å². The van der Waals surface area contributed by atoms with Crippen LogP contribution in [0, 0.1) is 0 Å². The summed E-state index contributed by atoms with van der Waals surface area (Å²) in [5.41, 5.74) is 2.01. The number of hydrogen-bond acceptors (Lipinski definition) is 4. The molecule has 0 aromatic heterocycles. The Bertz CT molecular complexity index is 499. The fourth-order valence-corrected chi connectivity index (χ4v) is 2.75. The molecule has 0 saturated carbocycles. The number of carbonyl (C=O) groups excluding carboxylic acids is 2. The maximum Gasteiger partial charge on any atom is 0.411 e. The summed E-state index contributed by atoms with van der Waals surface area (Å²) in [5, 5.41) is 0. The first-order valence-electron chi connectivity index (χ1n) is 5.84. The summed E-state index contributed by atoms with van der Waals surface area (Å²) < 4.78 is 10.4. The van der Waals surface area contributed by atoms with Crippen LogP contribution in [0.3, 0.4) is 0 Å². The third-order valence-electron chi connectivity index (χ3n) is 3.55. The number of methoxy groups -OCH3 is 1. The van der Waals surface area contributed by atoms with Gasteiger partial charge < -0.3 is 9.47 Å². The topological polar surface area (TPSA) is 55.8 Å². The van der Waals surface area contributed by atoms with E-state index in [4.69, 9.17) is 9.47 Å². The van der Waals surface area contributed by atoms with Crippen LogP contribution in [0.4, 0.5) is 4.79 Å². The lowest BCUT2D eigenvalue weighted by atomic mass is 9.90. The number of rotatable bonds is 2. The molecule has 2 unspecified atom stereocenters. The molecule has 0 N–H and O–H groups in total. The van der Waals surface area contributed by atoms with E-state index in [9.17, 15) is 9.59 Å². The predicted octanol–water partition coefficient (Wildman–Crippen LogP) is 1.31. The number of amides is 1. The minimum absolute atomic E-state index is 0.352. The Morgan fingerprint density at radius 1 is 1.50 bits per heavy atom. The van der Waals surface area contributed by atoms with Crippen LogP contribution in [0.2, 0.25) is 0 Å². The number of ether oxygens (including phenoxy) is 2. The SMILES string of the molecule is COc1cccc2c1C1C(C=O)OC(=O)N1CC2. The molecule has 2 atom stereocenters. The van der Waals surface area contributed by atoms with Crippen LogP contribution in [0.25, 0.3) is 0 Å². The van der Waals surface area contributed by atoms with Crippen molar-refractivity contribution in [3.05, 3.63) is 29.3 Å². The van der Waals surface area contributed by atoms with Crippen molar-refractivity contribution in [2.24, 2.45) is 0 Å². The smallest absolute Gasteiger partial charge is 0.411 e. The van der Waals surface area contributed by atoms with E-state index in [2.05, 4.69) is 0 Å². The summed E-state index contributed by atoms with van der Waals surface area (Å²) in [6.07, 6.45) is 0.273. The molecule has 1 amide bonds. The Balaban J connectivity index is 2.14.